The molecule has 1 aliphatic carbocycles. The third-order valence-corrected chi connectivity index (χ3v) is 6.34. The van der Waals surface area contributed by atoms with Crippen molar-refractivity contribution >= 4 is 17.4 Å². The van der Waals surface area contributed by atoms with E-state index < -0.39 is 0 Å². The Morgan fingerprint density at radius 3 is 2.26 bits per heavy atom. The van der Waals surface area contributed by atoms with Crippen molar-refractivity contribution in [2.45, 2.75) is 64.8 Å². The molecule has 27 heavy (non-hydrogen) atoms. The van der Waals surface area contributed by atoms with Gasteiger partial charge < -0.3 is 4.90 Å². The van der Waals surface area contributed by atoms with Gasteiger partial charge in [0.1, 0.15) is 5.70 Å². The fourth-order valence-corrected chi connectivity index (χ4v) is 4.87. The zero-order valence-corrected chi connectivity index (χ0v) is 16.5. The minimum absolute atomic E-state index is 0.0587. The Morgan fingerprint density at radius 2 is 1.59 bits per heavy atom. The molecule has 144 valence electrons. The molecule has 0 aromatic heterocycles. The van der Waals surface area contributed by atoms with E-state index >= 15 is 0 Å². The maximum absolute atomic E-state index is 13.5. The Kier molecular flexibility index (Phi) is 5.07. The molecule has 2 fully saturated rings. The average Bonchev–Trinajstić information content (AvgIpc) is 2.93. The summed E-state index contributed by atoms with van der Waals surface area (Å²) < 4.78 is 0. The summed E-state index contributed by atoms with van der Waals surface area (Å²) in [6, 6.07) is 8.11. The van der Waals surface area contributed by atoms with Gasteiger partial charge in [-0.3, -0.25) is 14.5 Å². The Labute approximate surface area is 162 Å². The van der Waals surface area contributed by atoms with E-state index in [0.717, 1.165) is 56.3 Å². The molecule has 1 atom stereocenters. The maximum atomic E-state index is 13.5. The van der Waals surface area contributed by atoms with Gasteiger partial charge in [0.15, 0.2) is 0 Å². The molecule has 2 aliphatic heterocycles. The number of likely N-dealkylation sites (tertiary alicyclic amines) is 1. The van der Waals surface area contributed by atoms with E-state index in [9.17, 15) is 9.59 Å². The zero-order valence-electron chi connectivity index (χ0n) is 16.5. The largest absolute Gasteiger partial charge is 0.366 e. The van der Waals surface area contributed by atoms with Crippen LogP contribution in [0.25, 0.3) is 5.57 Å². The van der Waals surface area contributed by atoms with Crippen molar-refractivity contribution in [3.05, 3.63) is 41.1 Å². The summed E-state index contributed by atoms with van der Waals surface area (Å²) >= 11 is 0. The molecule has 1 aromatic rings. The lowest BCUT2D eigenvalue weighted by Gasteiger charge is -2.34. The predicted molar refractivity (Wildman–Crippen MR) is 107 cm³/mol. The van der Waals surface area contributed by atoms with Crippen molar-refractivity contribution in [3.63, 3.8) is 0 Å². The second kappa shape index (κ2) is 7.49. The molecule has 4 nitrogen and oxygen atoms in total. The van der Waals surface area contributed by atoms with Crippen molar-refractivity contribution in [2.75, 3.05) is 13.1 Å². The zero-order chi connectivity index (χ0) is 19.0. The van der Waals surface area contributed by atoms with Crippen LogP contribution in [0.1, 0.15) is 63.0 Å². The summed E-state index contributed by atoms with van der Waals surface area (Å²) in [6.07, 6.45) is 7.59. The van der Waals surface area contributed by atoms with Crippen LogP contribution < -0.4 is 0 Å². The third-order valence-electron chi connectivity index (χ3n) is 6.34. The van der Waals surface area contributed by atoms with Crippen LogP contribution in [0.5, 0.6) is 0 Å². The van der Waals surface area contributed by atoms with Crippen LogP contribution in [0.3, 0.4) is 0 Å². The van der Waals surface area contributed by atoms with Crippen LogP contribution in [0.4, 0.5) is 0 Å². The van der Waals surface area contributed by atoms with Gasteiger partial charge in [-0.25, -0.2) is 0 Å². The van der Waals surface area contributed by atoms with E-state index in [2.05, 4.69) is 11.8 Å². The number of hydrogen-bond donors (Lipinski definition) is 0. The van der Waals surface area contributed by atoms with E-state index in [1.807, 2.05) is 31.2 Å². The molecule has 0 N–H and O–H groups in total. The van der Waals surface area contributed by atoms with E-state index in [1.54, 1.807) is 4.90 Å². The first kappa shape index (κ1) is 18.3. The number of carbonyl (C=O) groups excluding carboxylic acids is 2. The van der Waals surface area contributed by atoms with Gasteiger partial charge in [0.05, 0.1) is 5.57 Å². The van der Waals surface area contributed by atoms with Gasteiger partial charge >= 0.3 is 0 Å². The number of nitrogens with zero attached hydrogens (tertiary/aromatic N) is 2. The molecule has 3 aliphatic rings. The van der Waals surface area contributed by atoms with Crippen molar-refractivity contribution in [2.24, 2.45) is 5.92 Å². The molecule has 0 radical (unpaired) electrons. The monoisotopic (exact) mass is 366 g/mol. The molecule has 1 unspecified atom stereocenters. The van der Waals surface area contributed by atoms with Crippen LogP contribution in [0, 0.1) is 12.8 Å². The van der Waals surface area contributed by atoms with Crippen molar-refractivity contribution < 1.29 is 9.59 Å². The number of amides is 2. The molecule has 0 spiro atoms. The number of hydrogen-bond acceptors (Lipinski definition) is 3. The minimum Gasteiger partial charge on any atom is -0.366 e. The quantitative estimate of drug-likeness (QED) is 0.755. The van der Waals surface area contributed by atoms with Gasteiger partial charge in [0.25, 0.3) is 11.8 Å². The normalized spacial score (nSPS) is 24.9. The SMILES string of the molecule is Cc1ccc(C2=C(N3CCCC(C)C3)C(=O)N(C3CCCCC3)C2=O)cc1. The van der Waals surface area contributed by atoms with Gasteiger partial charge in [-0.05, 0) is 44.1 Å². The second-order valence-electron chi connectivity index (χ2n) is 8.56. The molecule has 1 saturated heterocycles. The van der Waals surface area contributed by atoms with Gasteiger partial charge in [-0.1, -0.05) is 56.0 Å². The van der Waals surface area contributed by atoms with Crippen molar-refractivity contribution in [1.29, 1.82) is 0 Å². The number of piperidine rings is 1. The Balaban J connectivity index is 1.75. The van der Waals surface area contributed by atoms with E-state index in [4.69, 9.17) is 0 Å². The summed E-state index contributed by atoms with van der Waals surface area (Å²) in [5, 5.41) is 0. The summed E-state index contributed by atoms with van der Waals surface area (Å²) in [6.45, 7) is 6.01. The van der Waals surface area contributed by atoms with Crippen LogP contribution in [0.15, 0.2) is 30.0 Å². The number of rotatable bonds is 3. The fraction of sp³-hybridized carbons (Fsp3) is 0.565. The topological polar surface area (TPSA) is 40.6 Å². The highest BCUT2D eigenvalue weighted by atomic mass is 16.2. The Bertz CT molecular complexity index is 759. The third kappa shape index (κ3) is 3.42. The van der Waals surface area contributed by atoms with Crippen LogP contribution in [-0.4, -0.2) is 40.7 Å². The number of carbonyl (C=O) groups is 2. The lowest BCUT2D eigenvalue weighted by Crippen LogP contribution is -2.44. The number of benzene rings is 1. The first-order valence-electron chi connectivity index (χ1n) is 10.5. The first-order chi connectivity index (χ1) is 13.1. The standard InChI is InChI=1S/C23H30N2O2/c1-16-10-12-18(13-11-16)20-21(24-14-6-7-17(2)15-24)23(27)25(22(20)26)19-8-4-3-5-9-19/h10-13,17,19H,3-9,14-15H2,1-2H3. The molecular weight excluding hydrogens is 336 g/mol. The smallest absolute Gasteiger partial charge is 0.278 e. The van der Waals surface area contributed by atoms with Crippen molar-refractivity contribution in [3.8, 4) is 0 Å². The fourth-order valence-electron chi connectivity index (χ4n) is 4.87. The predicted octanol–water partition coefficient (Wildman–Crippen LogP) is 4.14. The molecule has 0 bridgehead atoms. The lowest BCUT2D eigenvalue weighted by molar-refractivity contribution is -0.141. The summed E-state index contributed by atoms with van der Waals surface area (Å²) in [5.74, 6) is 0.415. The molecule has 2 heterocycles. The van der Waals surface area contributed by atoms with Gasteiger partial charge in [-0.2, -0.15) is 0 Å². The lowest BCUT2D eigenvalue weighted by atomic mass is 9.94. The van der Waals surface area contributed by atoms with E-state index in [0.29, 0.717) is 17.2 Å². The first-order valence-corrected chi connectivity index (χ1v) is 10.5. The van der Waals surface area contributed by atoms with Gasteiger partial charge in [0.2, 0.25) is 0 Å². The highest BCUT2D eigenvalue weighted by Gasteiger charge is 2.45. The average molecular weight is 367 g/mol. The highest BCUT2D eigenvalue weighted by molar-refractivity contribution is 6.35. The van der Waals surface area contributed by atoms with E-state index in [-0.39, 0.29) is 17.9 Å². The number of imide groups is 1. The van der Waals surface area contributed by atoms with Crippen LogP contribution in [-0.2, 0) is 9.59 Å². The summed E-state index contributed by atoms with van der Waals surface area (Å²) in [5.41, 5.74) is 3.32. The van der Waals surface area contributed by atoms with Crippen LogP contribution >= 0.6 is 0 Å². The summed E-state index contributed by atoms with van der Waals surface area (Å²) in [4.78, 5) is 30.7. The molecule has 2 amide bonds. The molecule has 1 saturated carbocycles. The van der Waals surface area contributed by atoms with Gasteiger partial charge in [0, 0.05) is 19.1 Å². The second-order valence-corrected chi connectivity index (χ2v) is 8.56. The number of aryl methyl sites for hydroxylation is 1. The van der Waals surface area contributed by atoms with Crippen molar-refractivity contribution in [1.82, 2.24) is 9.80 Å². The summed E-state index contributed by atoms with van der Waals surface area (Å²) in [7, 11) is 0. The van der Waals surface area contributed by atoms with Gasteiger partial charge in [-0.15, -0.1) is 0 Å². The maximum Gasteiger partial charge on any atom is 0.278 e. The minimum atomic E-state index is -0.0796. The Hall–Kier alpha value is -2.10. The molecular formula is C23H30N2O2. The van der Waals surface area contributed by atoms with E-state index in [1.165, 1.54) is 12.8 Å². The Morgan fingerprint density at radius 1 is 0.889 bits per heavy atom. The molecule has 4 heteroatoms. The van der Waals surface area contributed by atoms with Crippen LogP contribution in [0.2, 0.25) is 0 Å². The molecule has 4 rings (SSSR count). The molecule has 1 aromatic carbocycles. The highest BCUT2D eigenvalue weighted by Crippen LogP contribution is 2.37.